The quantitative estimate of drug-likeness (QED) is 0.798. The van der Waals surface area contributed by atoms with E-state index in [1.807, 2.05) is 0 Å². The van der Waals surface area contributed by atoms with Gasteiger partial charge in [0.1, 0.15) is 5.82 Å². The SMILES string of the molecule is Cc1ccc(CNc2cn[nH]c(=S)n2)cc1. The van der Waals surface area contributed by atoms with Crippen molar-refractivity contribution in [2.45, 2.75) is 13.5 Å². The monoisotopic (exact) mass is 232 g/mol. The van der Waals surface area contributed by atoms with Crippen molar-refractivity contribution in [2.75, 3.05) is 5.32 Å². The highest BCUT2D eigenvalue weighted by Crippen LogP contribution is 2.05. The molecule has 0 bridgehead atoms. The standard InChI is InChI=1S/C11H12N4S/c1-8-2-4-9(5-3-8)6-12-10-7-13-15-11(16)14-10/h2-5,7H,6H2,1H3,(H2,12,14,15,16). The molecule has 0 spiro atoms. The van der Waals surface area contributed by atoms with E-state index in [9.17, 15) is 0 Å². The fourth-order valence-corrected chi connectivity index (χ4v) is 1.45. The van der Waals surface area contributed by atoms with Gasteiger partial charge in [-0.15, -0.1) is 0 Å². The van der Waals surface area contributed by atoms with E-state index in [4.69, 9.17) is 12.2 Å². The maximum Gasteiger partial charge on any atom is 0.215 e. The summed E-state index contributed by atoms with van der Waals surface area (Å²) in [6, 6.07) is 8.33. The van der Waals surface area contributed by atoms with Gasteiger partial charge in [-0.1, -0.05) is 29.8 Å². The summed E-state index contributed by atoms with van der Waals surface area (Å²) in [5, 5.41) is 9.61. The van der Waals surface area contributed by atoms with Crippen LogP contribution >= 0.6 is 12.2 Å². The van der Waals surface area contributed by atoms with Crippen LogP contribution in [0.15, 0.2) is 30.5 Å². The first-order chi connectivity index (χ1) is 7.74. The van der Waals surface area contributed by atoms with E-state index >= 15 is 0 Å². The number of aryl methyl sites for hydroxylation is 1. The molecular weight excluding hydrogens is 220 g/mol. The van der Waals surface area contributed by atoms with Crippen LogP contribution in [0.5, 0.6) is 0 Å². The van der Waals surface area contributed by atoms with Crippen LogP contribution in [0.2, 0.25) is 0 Å². The van der Waals surface area contributed by atoms with E-state index in [-0.39, 0.29) is 0 Å². The summed E-state index contributed by atoms with van der Waals surface area (Å²) < 4.78 is 0.383. The third-order valence-corrected chi connectivity index (χ3v) is 2.35. The average molecular weight is 232 g/mol. The van der Waals surface area contributed by atoms with Gasteiger partial charge in [-0.25, -0.2) is 4.98 Å². The molecule has 0 fully saturated rings. The van der Waals surface area contributed by atoms with Gasteiger partial charge in [-0.3, -0.25) is 5.10 Å². The van der Waals surface area contributed by atoms with Crippen LogP contribution in [0.3, 0.4) is 0 Å². The fraction of sp³-hybridized carbons (Fsp3) is 0.182. The number of aromatic amines is 1. The zero-order valence-corrected chi connectivity index (χ0v) is 9.71. The molecule has 0 saturated heterocycles. The number of nitrogens with one attached hydrogen (secondary N) is 2. The second kappa shape index (κ2) is 4.85. The largest absolute Gasteiger partial charge is 0.365 e. The normalized spacial score (nSPS) is 10.1. The summed E-state index contributed by atoms with van der Waals surface area (Å²) in [6.45, 7) is 2.78. The molecule has 0 aliphatic heterocycles. The van der Waals surface area contributed by atoms with Crippen molar-refractivity contribution in [3.05, 3.63) is 46.4 Å². The van der Waals surface area contributed by atoms with E-state index in [1.54, 1.807) is 6.20 Å². The van der Waals surface area contributed by atoms with Gasteiger partial charge in [-0.2, -0.15) is 5.10 Å². The molecule has 4 nitrogen and oxygen atoms in total. The lowest BCUT2D eigenvalue weighted by Gasteiger charge is -2.04. The van der Waals surface area contributed by atoms with Gasteiger partial charge in [0.05, 0.1) is 6.20 Å². The van der Waals surface area contributed by atoms with Crippen LogP contribution in [0.25, 0.3) is 0 Å². The lowest BCUT2D eigenvalue weighted by atomic mass is 10.1. The van der Waals surface area contributed by atoms with E-state index in [0.29, 0.717) is 17.1 Å². The highest BCUT2D eigenvalue weighted by Gasteiger charge is 1.95. The molecule has 0 aliphatic carbocycles. The second-order valence-corrected chi connectivity index (χ2v) is 3.90. The van der Waals surface area contributed by atoms with Gasteiger partial charge in [0.25, 0.3) is 0 Å². The molecule has 0 amide bonds. The summed E-state index contributed by atoms with van der Waals surface area (Å²) in [4.78, 5) is 4.09. The summed E-state index contributed by atoms with van der Waals surface area (Å²) in [7, 11) is 0. The van der Waals surface area contributed by atoms with Crippen molar-refractivity contribution < 1.29 is 0 Å². The molecule has 1 aromatic carbocycles. The average Bonchev–Trinajstić information content (AvgIpc) is 2.28. The second-order valence-electron chi connectivity index (χ2n) is 3.51. The molecule has 0 aliphatic rings. The van der Waals surface area contributed by atoms with Crippen LogP contribution in [0, 0.1) is 11.7 Å². The number of benzene rings is 1. The van der Waals surface area contributed by atoms with Crippen LogP contribution in [0.1, 0.15) is 11.1 Å². The lowest BCUT2D eigenvalue weighted by molar-refractivity contribution is 0.939. The Balaban J connectivity index is 2.02. The van der Waals surface area contributed by atoms with Crippen LogP contribution < -0.4 is 5.32 Å². The first kappa shape index (κ1) is 10.8. The summed E-state index contributed by atoms with van der Waals surface area (Å²) in [6.07, 6.45) is 1.62. The van der Waals surface area contributed by atoms with Gasteiger partial charge in [0.15, 0.2) is 0 Å². The molecule has 16 heavy (non-hydrogen) atoms. The smallest absolute Gasteiger partial charge is 0.215 e. The van der Waals surface area contributed by atoms with Crippen molar-refractivity contribution in [2.24, 2.45) is 0 Å². The number of hydrogen-bond acceptors (Lipinski definition) is 4. The number of nitrogens with zero attached hydrogens (tertiary/aromatic N) is 2. The molecular formula is C11H12N4S. The third kappa shape index (κ3) is 2.87. The predicted octanol–water partition coefficient (Wildman–Crippen LogP) is 2.45. The summed E-state index contributed by atoms with van der Waals surface area (Å²) >= 11 is 4.88. The summed E-state index contributed by atoms with van der Waals surface area (Å²) in [5.41, 5.74) is 2.46. The van der Waals surface area contributed by atoms with Gasteiger partial charge in [0, 0.05) is 6.54 Å². The zero-order valence-electron chi connectivity index (χ0n) is 8.90. The molecule has 0 atom stereocenters. The summed E-state index contributed by atoms with van der Waals surface area (Å²) in [5.74, 6) is 0.685. The Kier molecular flexibility index (Phi) is 3.26. The third-order valence-electron chi connectivity index (χ3n) is 2.16. The number of H-pyrrole nitrogens is 1. The molecule has 0 saturated carbocycles. The topological polar surface area (TPSA) is 53.6 Å². The Bertz CT molecular complexity index is 518. The van der Waals surface area contributed by atoms with Gasteiger partial charge in [-0.05, 0) is 24.7 Å². The van der Waals surface area contributed by atoms with E-state index in [2.05, 4.69) is 51.7 Å². The lowest BCUT2D eigenvalue weighted by Crippen LogP contribution is -2.02. The maximum atomic E-state index is 4.88. The minimum Gasteiger partial charge on any atom is -0.365 e. The van der Waals surface area contributed by atoms with Gasteiger partial charge < -0.3 is 5.32 Å². The number of aromatic nitrogens is 3. The Morgan fingerprint density at radius 3 is 2.75 bits per heavy atom. The zero-order chi connectivity index (χ0) is 11.4. The van der Waals surface area contributed by atoms with Crippen molar-refractivity contribution in [1.82, 2.24) is 15.2 Å². The van der Waals surface area contributed by atoms with Crippen LogP contribution in [-0.4, -0.2) is 15.2 Å². The van der Waals surface area contributed by atoms with E-state index < -0.39 is 0 Å². The Morgan fingerprint density at radius 1 is 1.31 bits per heavy atom. The van der Waals surface area contributed by atoms with Gasteiger partial charge in [0.2, 0.25) is 4.77 Å². The molecule has 1 heterocycles. The first-order valence-corrected chi connectivity index (χ1v) is 5.36. The van der Waals surface area contributed by atoms with Crippen molar-refractivity contribution >= 4 is 18.0 Å². The Labute approximate surface area is 98.8 Å². The van der Waals surface area contributed by atoms with Crippen LogP contribution in [0.4, 0.5) is 5.82 Å². The van der Waals surface area contributed by atoms with E-state index in [1.165, 1.54) is 11.1 Å². The van der Waals surface area contributed by atoms with Gasteiger partial charge >= 0.3 is 0 Å². The highest BCUT2D eigenvalue weighted by atomic mass is 32.1. The molecule has 5 heteroatoms. The minimum absolute atomic E-state index is 0.383. The molecule has 1 aromatic heterocycles. The van der Waals surface area contributed by atoms with E-state index in [0.717, 1.165) is 0 Å². The molecule has 2 rings (SSSR count). The minimum atomic E-state index is 0.383. The molecule has 0 radical (unpaired) electrons. The number of anilines is 1. The maximum absolute atomic E-state index is 4.88. The predicted molar refractivity (Wildman–Crippen MR) is 65.7 cm³/mol. The Morgan fingerprint density at radius 2 is 2.06 bits per heavy atom. The van der Waals surface area contributed by atoms with Crippen LogP contribution in [-0.2, 0) is 6.54 Å². The Hall–Kier alpha value is -1.75. The van der Waals surface area contributed by atoms with Crippen molar-refractivity contribution in [3.8, 4) is 0 Å². The highest BCUT2D eigenvalue weighted by molar-refractivity contribution is 7.71. The fourth-order valence-electron chi connectivity index (χ4n) is 1.30. The molecule has 2 N–H and O–H groups in total. The van der Waals surface area contributed by atoms with Crippen molar-refractivity contribution in [3.63, 3.8) is 0 Å². The number of rotatable bonds is 3. The number of hydrogen-bond donors (Lipinski definition) is 2. The molecule has 2 aromatic rings. The van der Waals surface area contributed by atoms with Crippen molar-refractivity contribution in [1.29, 1.82) is 0 Å². The first-order valence-electron chi connectivity index (χ1n) is 4.95. The molecule has 0 unspecified atom stereocenters. The molecule has 82 valence electrons.